The molecule has 4 nitrogen and oxygen atoms in total. The molecule has 0 fully saturated rings. The highest BCUT2D eigenvalue weighted by Gasteiger charge is 2.28. The van der Waals surface area contributed by atoms with Crippen LogP contribution in [-0.2, 0) is 12.8 Å². The van der Waals surface area contributed by atoms with Gasteiger partial charge >= 0.3 is 5.97 Å². The lowest BCUT2D eigenvalue weighted by atomic mass is 10.0. The van der Waals surface area contributed by atoms with Crippen molar-refractivity contribution in [2.45, 2.75) is 32.6 Å². The normalized spacial score (nSPS) is 19.6. The molecule has 0 aromatic carbocycles. The molecule has 1 heterocycles. The summed E-state index contributed by atoms with van der Waals surface area (Å²) < 4.78 is 0. The minimum atomic E-state index is -0.917. The molecule has 1 atom stereocenters. The van der Waals surface area contributed by atoms with E-state index in [4.69, 9.17) is 5.11 Å². The average molecular weight is 194 g/mol. The molecule has 0 aliphatic heterocycles. The summed E-state index contributed by atoms with van der Waals surface area (Å²) in [6, 6.07) is 0. The standard InChI is InChI=1S/C10H14N2O2/c1-2-3-6-4-7-8(5-6)11-12-9(7)10(13)14/h6H,2-5H2,1H3,(H,11,12)(H,13,14). The summed E-state index contributed by atoms with van der Waals surface area (Å²) in [4.78, 5) is 10.8. The van der Waals surface area contributed by atoms with Crippen molar-refractivity contribution < 1.29 is 9.90 Å². The van der Waals surface area contributed by atoms with Crippen molar-refractivity contribution in [3.8, 4) is 0 Å². The summed E-state index contributed by atoms with van der Waals surface area (Å²) in [6.45, 7) is 2.16. The molecule has 1 aliphatic carbocycles. The van der Waals surface area contributed by atoms with Crippen LogP contribution in [-0.4, -0.2) is 21.3 Å². The second-order valence-corrected chi connectivity index (χ2v) is 3.90. The number of rotatable bonds is 3. The molecule has 14 heavy (non-hydrogen) atoms. The van der Waals surface area contributed by atoms with E-state index in [1.165, 1.54) is 6.42 Å². The topological polar surface area (TPSA) is 66.0 Å². The Kier molecular flexibility index (Phi) is 2.27. The molecule has 4 heteroatoms. The second kappa shape index (κ2) is 3.44. The van der Waals surface area contributed by atoms with Crippen LogP contribution >= 0.6 is 0 Å². The molecular formula is C10H14N2O2. The molecule has 0 saturated heterocycles. The number of nitrogens with one attached hydrogen (secondary N) is 1. The number of carbonyl (C=O) groups is 1. The van der Waals surface area contributed by atoms with Gasteiger partial charge in [0.05, 0.1) is 0 Å². The molecule has 1 aromatic rings. The number of carboxylic acid groups (broad SMARTS) is 1. The van der Waals surface area contributed by atoms with Gasteiger partial charge in [0.1, 0.15) is 0 Å². The van der Waals surface area contributed by atoms with Gasteiger partial charge in [0.15, 0.2) is 5.69 Å². The maximum absolute atomic E-state index is 10.8. The number of hydrogen-bond acceptors (Lipinski definition) is 2. The lowest BCUT2D eigenvalue weighted by Crippen LogP contribution is -2.04. The third-order valence-electron chi connectivity index (χ3n) is 2.84. The summed E-state index contributed by atoms with van der Waals surface area (Å²) in [5.41, 5.74) is 2.18. The molecule has 2 rings (SSSR count). The maximum Gasteiger partial charge on any atom is 0.356 e. The third kappa shape index (κ3) is 1.41. The highest BCUT2D eigenvalue weighted by molar-refractivity contribution is 5.87. The molecule has 0 spiro atoms. The Morgan fingerprint density at radius 1 is 1.64 bits per heavy atom. The monoisotopic (exact) mass is 194 g/mol. The Bertz CT molecular complexity index is 357. The minimum Gasteiger partial charge on any atom is -0.476 e. The van der Waals surface area contributed by atoms with E-state index in [1.54, 1.807) is 0 Å². The van der Waals surface area contributed by atoms with Crippen LogP contribution in [0.5, 0.6) is 0 Å². The second-order valence-electron chi connectivity index (χ2n) is 3.90. The van der Waals surface area contributed by atoms with Crippen molar-refractivity contribution in [2.24, 2.45) is 5.92 Å². The van der Waals surface area contributed by atoms with Crippen molar-refractivity contribution in [1.82, 2.24) is 10.2 Å². The van der Waals surface area contributed by atoms with E-state index in [1.807, 2.05) is 0 Å². The number of nitrogens with zero attached hydrogens (tertiary/aromatic N) is 1. The van der Waals surface area contributed by atoms with Crippen LogP contribution in [0.1, 0.15) is 41.5 Å². The SMILES string of the molecule is CCCC1Cc2[nH]nc(C(=O)O)c2C1. The van der Waals surface area contributed by atoms with Gasteiger partial charge in [0.25, 0.3) is 0 Å². The molecule has 76 valence electrons. The minimum absolute atomic E-state index is 0.221. The molecule has 1 aromatic heterocycles. The van der Waals surface area contributed by atoms with E-state index < -0.39 is 5.97 Å². The van der Waals surface area contributed by atoms with Gasteiger partial charge in [-0.3, -0.25) is 5.10 Å². The zero-order valence-electron chi connectivity index (χ0n) is 8.21. The van der Waals surface area contributed by atoms with E-state index in [0.29, 0.717) is 5.92 Å². The van der Waals surface area contributed by atoms with E-state index in [-0.39, 0.29) is 5.69 Å². The van der Waals surface area contributed by atoms with Crippen LogP contribution in [0.15, 0.2) is 0 Å². The van der Waals surface area contributed by atoms with Crippen LogP contribution in [0.25, 0.3) is 0 Å². The molecule has 2 N–H and O–H groups in total. The van der Waals surface area contributed by atoms with Gasteiger partial charge in [-0.05, 0) is 18.8 Å². The van der Waals surface area contributed by atoms with Gasteiger partial charge in [0.2, 0.25) is 0 Å². The van der Waals surface area contributed by atoms with Crippen LogP contribution < -0.4 is 0 Å². The van der Waals surface area contributed by atoms with Crippen molar-refractivity contribution in [2.75, 3.05) is 0 Å². The van der Waals surface area contributed by atoms with E-state index >= 15 is 0 Å². The largest absolute Gasteiger partial charge is 0.476 e. The number of aromatic carboxylic acids is 1. The predicted octanol–water partition coefficient (Wildman–Crippen LogP) is 1.62. The molecule has 0 radical (unpaired) electrons. The number of fused-ring (bicyclic) bond motifs is 1. The highest BCUT2D eigenvalue weighted by Crippen LogP contribution is 2.30. The zero-order valence-corrected chi connectivity index (χ0v) is 8.21. The van der Waals surface area contributed by atoms with Gasteiger partial charge in [-0.2, -0.15) is 5.10 Å². The number of aromatic amines is 1. The van der Waals surface area contributed by atoms with Gasteiger partial charge in [0, 0.05) is 11.3 Å². The Morgan fingerprint density at radius 2 is 2.43 bits per heavy atom. The first-order chi connectivity index (χ1) is 6.72. The Morgan fingerprint density at radius 3 is 3.07 bits per heavy atom. The number of hydrogen-bond donors (Lipinski definition) is 2. The lowest BCUT2D eigenvalue weighted by molar-refractivity contribution is 0.0689. The Balaban J connectivity index is 2.19. The van der Waals surface area contributed by atoms with E-state index in [9.17, 15) is 4.79 Å². The smallest absolute Gasteiger partial charge is 0.356 e. The van der Waals surface area contributed by atoms with E-state index in [2.05, 4.69) is 17.1 Å². The molecule has 0 amide bonds. The quantitative estimate of drug-likeness (QED) is 0.768. The Hall–Kier alpha value is -1.32. The number of H-pyrrole nitrogens is 1. The van der Waals surface area contributed by atoms with Crippen LogP contribution in [0.3, 0.4) is 0 Å². The van der Waals surface area contributed by atoms with Crippen LogP contribution in [0.4, 0.5) is 0 Å². The van der Waals surface area contributed by atoms with Crippen LogP contribution in [0, 0.1) is 5.92 Å². The predicted molar refractivity (Wildman–Crippen MR) is 51.4 cm³/mol. The molecule has 0 bridgehead atoms. The van der Waals surface area contributed by atoms with Gasteiger partial charge < -0.3 is 5.11 Å². The fourth-order valence-corrected chi connectivity index (χ4v) is 2.23. The van der Waals surface area contributed by atoms with Gasteiger partial charge in [-0.25, -0.2) is 4.79 Å². The maximum atomic E-state index is 10.8. The summed E-state index contributed by atoms with van der Waals surface area (Å²) >= 11 is 0. The lowest BCUT2D eigenvalue weighted by Gasteiger charge is -2.05. The number of aromatic nitrogens is 2. The first kappa shape index (κ1) is 9.24. The van der Waals surface area contributed by atoms with Crippen molar-refractivity contribution in [3.63, 3.8) is 0 Å². The first-order valence-corrected chi connectivity index (χ1v) is 5.01. The molecule has 1 aliphatic rings. The summed E-state index contributed by atoms with van der Waals surface area (Å²) in [7, 11) is 0. The fourth-order valence-electron chi connectivity index (χ4n) is 2.23. The Labute approximate surface area is 82.3 Å². The number of carboxylic acids is 1. The van der Waals surface area contributed by atoms with Crippen molar-refractivity contribution >= 4 is 5.97 Å². The first-order valence-electron chi connectivity index (χ1n) is 5.01. The zero-order chi connectivity index (χ0) is 10.1. The van der Waals surface area contributed by atoms with Gasteiger partial charge in [-0.15, -0.1) is 0 Å². The van der Waals surface area contributed by atoms with Crippen LogP contribution in [0.2, 0.25) is 0 Å². The molecule has 1 unspecified atom stereocenters. The third-order valence-corrected chi connectivity index (χ3v) is 2.84. The van der Waals surface area contributed by atoms with Crippen molar-refractivity contribution in [3.05, 3.63) is 17.0 Å². The summed E-state index contributed by atoms with van der Waals surface area (Å²) in [6.07, 6.45) is 4.16. The fraction of sp³-hybridized carbons (Fsp3) is 0.600. The van der Waals surface area contributed by atoms with Crippen molar-refractivity contribution in [1.29, 1.82) is 0 Å². The summed E-state index contributed by atoms with van der Waals surface area (Å²) in [5.74, 6) is -0.304. The summed E-state index contributed by atoms with van der Waals surface area (Å²) in [5, 5.41) is 15.5. The molecular weight excluding hydrogens is 180 g/mol. The average Bonchev–Trinajstić information content (AvgIpc) is 2.62. The van der Waals surface area contributed by atoms with E-state index in [0.717, 1.165) is 30.5 Å². The molecule has 0 saturated carbocycles. The highest BCUT2D eigenvalue weighted by atomic mass is 16.4. The van der Waals surface area contributed by atoms with Gasteiger partial charge in [-0.1, -0.05) is 19.8 Å².